The van der Waals surface area contributed by atoms with Crippen molar-refractivity contribution < 1.29 is 4.79 Å². The van der Waals surface area contributed by atoms with E-state index in [0.717, 1.165) is 19.6 Å². The molecule has 0 aromatic heterocycles. The average molecular weight is 257 g/mol. The van der Waals surface area contributed by atoms with Crippen molar-refractivity contribution >= 4 is 23.2 Å². The average Bonchev–Trinajstić information content (AvgIpc) is 2.23. The van der Waals surface area contributed by atoms with Gasteiger partial charge in [-0.25, -0.2) is 0 Å². The SMILES string of the molecule is CC(C)CNC(=S)N1CCN(C)C(=O)C1(C)C. The van der Waals surface area contributed by atoms with Crippen molar-refractivity contribution in [2.45, 2.75) is 33.2 Å². The molecular weight excluding hydrogens is 234 g/mol. The highest BCUT2D eigenvalue weighted by molar-refractivity contribution is 7.80. The molecule has 0 saturated carbocycles. The highest BCUT2D eigenvalue weighted by atomic mass is 32.1. The van der Waals surface area contributed by atoms with Gasteiger partial charge in [0.15, 0.2) is 5.11 Å². The number of hydrogen-bond donors (Lipinski definition) is 1. The first-order valence-corrected chi connectivity index (χ1v) is 6.48. The summed E-state index contributed by atoms with van der Waals surface area (Å²) < 4.78 is 0. The van der Waals surface area contributed by atoms with Gasteiger partial charge in [-0.3, -0.25) is 4.79 Å². The van der Waals surface area contributed by atoms with Crippen LogP contribution in [0, 0.1) is 5.92 Å². The van der Waals surface area contributed by atoms with Gasteiger partial charge in [-0.2, -0.15) is 0 Å². The monoisotopic (exact) mass is 257 g/mol. The van der Waals surface area contributed by atoms with E-state index in [0.29, 0.717) is 11.0 Å². The van der Waals surface area contributed by atoms with Gasteiger partial charge in [0, 0.05) is 26.7 Å². The van der Waals surface area contributed by atoms with E-state index in [2.05, 4.69) is 19.2 Å². The zero-order valence-corrected chi connectivity index (χ0v) is 12.2. The van der Waals surface area contributed by atoms with Crippen LogP contribution in [-0.2, 0) is 4.79 Å². The minimum Gasteiger partial charge on any atom is -0.362 e. The molecule has 1 aliphatic rings. The van der Waals surface area contributed by atoms with Crippen molar-refractivity contribution in [3.8, 4) is 0 Å². The summed E-state index contributed by atoms with van der Waals surface area (Å²) in [4.78, 5) is 15.9. The van der Waals surface area contributed by atoms with Gasteiger partial charge in [-0.15, -0.1) is 0 Å². The van der Waals surface area contributed by atoms with Crippen LogP contribution < -0.4 is 5.32 Å². The number of rotatable bonds is 2. The molecule has 1 heterocycles. The first kappa shape index (κ1) is 14.2. The van der Waals surface area contributed by atoms with Crippen LogP contribution in [0.2, 0.25) is 0 Å². The molecule has 1 fully saturated rings. The lowest BCUT2D eigenvalue weighted by atomic mass is 9.98. The number of carbonyl (C=O) groups is 1. The maximum absolute atomic E-state index is 12.1. The van der Waals surface area contributed by atoms with Gasteiger partial charge in [0.25, 0.3) is 0 Å². The van der Waals surface area contributed by atoms with Crippen molar-refractivity contribution in [1.82, 2.24) is 15.1 Å². The van der Waals surface area contributed by atoms with E-state index >= 15 is 0 Å². The second kappa shape index (κ2) is 5.21. The van der Waals surface area contributed by atoms with E-state index in [-0.39, 0.29) is 5.91 Å². The van der Waals surface area contributed by atoms with Crippen LogP contribution in [0.1, 0.15) is 27.7 Å². The third kappa shape index (κ3) is 3.09. The van der Waals surface area contributed by atoms with Gasteiger partial charge in [0.05, 0.1) is 0 Å². The summed E-state index contributed by atoms with van der Waals surface area (Å²) in [6.07, 6.45) is 0. The number of nitrogens with zero attached hydrogens (tertiary/aromatic N) is 2. The maximum atomic E-state index is 12.1. The molecule has 0 aromatic carbocycles. The number of nitrogens with one attached hydrogen (secondary N) is 1. The Morgan fingerprint density at radius 1 is 1.47 bits per heavy atom. The fourth-order valence-electron chi connectivity index (χ4n) is 1.96. The normalized spacial score (nSPS) is 19.8. The molecule has 1 rings (SSSR count). The molecule has 5 heteroatoms. The molecule has 1 saturated heterocycles. The molecule has 1 N–H and O–H groups in total. The van der Waals surface area contributed by atoms with Crippen LogP contribution in [0.25, 0.3) is 0 Å². The molecule has 0 bridgehead atoms. The lowest BCUT2D eigenvalue weighted by Gasteiger charge is -2.46. The molecule has 0 radical (unpaired) electrons. The lowest BCUT2D eigenvalue weighted by molar-refractivity contribution is -0.143. The molecule has 17 heavy (non-hydrogen) atoms. The molecule has 1 amide bonds. The summed E-state index contributed by atoms with van der Waals surface area (Å²) in [7, 11) is 1.84. The van der Waals surface area contributed by atoms with Gasteiger partial charge in [0.2, 0.25) is 5.91 Å². The van der Waals surface area contributed by atoms with Crippen LogP contribution in [0.5, 0.6) is 0 Å². The minimum absolute atomic E-state index is 0.123. The number of hydrogen-bond acceptors (Lipinski definition) is 2. The van der Waals surface area contributed by atoms with Gasteiger partial charge in [-0.05, 0) is 32.0 Å². The van der Waals surface area contributed by atoms with E-state index in [1.54, 1.807) is 4.90 Å². The van der Waals surface area contributed by atoms with E-state index in [1.165, 1.54) is 0 Å². The van der Waals surface area contributed by atoms with Crippen molar-refractivity contribution in [1.29, 1.82) is 0 Å². The van der Waals surface area contributed by atoms with Gasteiger partial charge >= 0.3 is 0 Å². The highest BCUT2D eigenvalue weighted by Crippen LogP contribution is 2.21. The Bertz CT molecular complexity index is 315. The fourth-order valence-corrected chi connectivity index (χ4v) is 2.36. The summed E-state index contributed by atoms with van der Waals surface area (Å²) in [5, 5.41) is 3.91. The van der Waals surface area contributed by atoms with Gasteiger partial charge in [0.1, 0.15) is 5.54 Å². The maximum Gasteiger partial charge on any atom is 0.247 e. The second-order valence-electron chi connectivity index (χ2n) is 5.52. The standard InChI is InChI=1S/C12H23N3OS/c1-9(2)8-13-11(17)15-7-6-14(5)10(16)12(15,3)4/h9H,6-8H2,1-5H3,(H,13,17). The van der Waals surface area contributed by atoms with E-state index in [4.69, 9.17) is 12.2 Å². The van der Waals surface area contributed by atoms with Crippen LogP contribution in [0.3, 0.4) is 0 Å². The van der Waals surface area contributed by atoms with E-state index in [1.807, 2.05) is 25.8 Å². The molecule has 98 valence electrons. The molecule has 1 aliphatic heterocycles. The molecular formula is C12H23N3OS. The Labute approximate surface area is 109 Å². The Kier molecular flexibility index (Phi) is 4.36. The predicted octanol–water partition coefficient (Wildman–Crippen LogP) is 1.07. The quantitative estimate of drug-likeness (QED) is 0.751. The zero-order valence-electron chi connectivity index (χ0n) is 11.4. The summed E-state index contributed by atoms with van der Waals surface area (Å²) in [5.41, 5.74) is -0.548. The smallest absolute Gasteiger partial charge is 0.247 e. The van der Waals surface area contributed by atoms with Crippen LogP contribution in [-0.4, -0.2) is 53.0 Å². The van der Waals surface area contributed by atoms with Crippen LogP contribution in [0.4, 0.5) is 0 Å². The number of thiocarbonyl (C=S) groups is 1. The van der Waals surface area contributed by atoms with Gasteiger partial charge < -0.3 is 15.1 Å². The van der Waals surface area contributed by atoms with E-state index in [9.17, 15) is 4.79 Å². The van der Waals surface area contributed by atoms with Crippen LogP contribution in [0.15, 0.2) is 0 Å². The van der Waals surface area contributed by atoms with Crippen molar-refractivity contribution in [3.63, 3.8) is 0 Å². The molecule has 0 atom stereocenters. The van der Waals surface area contributed by atoms with Crippen molar-refractivity contribution in [2.24, 2.45) is 5.92 Å². The highest BCUT2D eigenvalue weighted by Gasteiger charge is 2.41. The summed E-state index contributed by atoms with van der Waals surface area (Å²) in [6.45, 7) is 10.5. The molecule has 4 nitrogen and oxygen atoms in total. The fraction of sp³-hybridized carbons (Fsp3) is 0.833. The second-order valence-corrected chi connectivity index (χ2v) is 5.90. The largest absolute Gasteiger partial charge is 0.362 e. The van der Waals surface area contributed by atoms with Crippen molar-refractivity contribution in [2.75, 3.05) is 26.7 Å². The summed E-state index contributed by atoms with van der Waals surface area (Å²) in [6, 6.07) is 0. The number of carbonyl (C=O) groups excluding carboxylic acids is 1. The minimum atomic E-state index is -0.548. The lowest BCUT2D eigenvalue weighted by Crippen LogP contribution is -2.65. The first-order chi connectivity index (χ1) is 7.76. The number of piperazine rings is 1. The zero-order chi connectivity index (χ0) is 13.2. The molecule has 0 aliphatic carbocycles. The first-order valence-electron chi connectivity index (χ1n) is 6.08. The number of likely N-dealkylation sites (N-methyl/N-ethyl adjacent to an activating group) is 1. The van der Waals surface area contributed by atoms with E-state index < -0.39 is 5.54 Å². The predicted molar refractivity (Wildman–Crippen MR) is 73.9 cm³/mol. The molecule has 0 unspecified atom stereocenters. The van der Waals surface area contributed by atoms with Crippen LogP contribution >= 0.6 is 12.2 Å². The Morgan fingerprint density at radius 3 is 2.59 bits per heavy atom. The Morgan fingerprint density at radius 2 is 2.06 bits per heavy atom. The molecule has 0 spiro atoms. The number of amides is 1. The Hall–Kier alpha value is -0.840. The van der Waals surface area contributed by atoms with Gasteiger partial charge in [-0.1, -0.05) is 13.8 Å². The Balaban J connectivity index is 2.70. The molecule has 0 aromatic rings. The third-order valence-corrected chi connectivity index (χ3v) is 3.48. The third-order valence-electron chi connectivity index (χ3n) is 3.11. The topological polar surface area (TPSA) is 35.6 Å². The van der Waals surface area contributed by atoms with Crippen molar-refractivity contribution in [3.05, 3.63) is 0 Å². The summed E-state index contributed by atoms with van der Waals surface area (Å²) in [5.74, 6) is 0.664. The summed E-state index contributed by atoms with van der Waals surface area (Å²) >= 11 is 5.38.